The normalized spacial score (nSPS) is 26.1. The van der Waals surface area contributed by atoms with Crippen LogP contribution in [0.3, 0.4) is 0 Å². The van der Waals surface area contributed by atoms with Gasteiger partial charge in [-0.15, -0.1) is 0 Å². The number of carbonyl (C=O) groups excluding carboxylic acids is 2. The van der Waals surface area contributed by atoms with Gasteiger partial charge in [0.05, 0.1) is 10.7 Å². The molecule has 3 fully saturated rings. The van der Waals surface area contributed by atoms with Gasteiger partial charge in [0.15, 0.2) is 0 Å². The molecule has 5 rings (SSSR count). The second-order valence-corrected chi connectivity index (χ2v) is 10.9. The number of halogens is 2. The molecule has 194 valence electrons. The molecule has 8 nitrogen and oxygen atoms in total. The summed E-state index contributed by atoms with van der Waals surface area (Å²) in [6.07, 6.45) is 5.67. The van der Waals surface area contributed by atoms with Crippen LogP contribution in [0.15, 0.2) is 18.2 Å². The molecule has 4 N–H and O–H groups in total. The number of benzene rings is 1. The van der Waals surface area contributed by atoms with Gasteiger partial charge in [0, 0.05) is 44.3 Å². The van der Waals surface area contributed by atoms with Gasteiger partial charge in [-0.1, -0.05) is 11.6 Å². The van der Waals surface area contributed by atoms with Gasteiger partial charge in [0.1, 0.15) is 17.2 Å². The van der Waals surface area contributed by atoms with E-state index < -0.39 is 5.82 Å². The summed E-state index contributed by atoms with van der Waals surface area (Å²) in [7, 11) is 1.73. The van der Waals surface area contributed by atoms with Crippen LogP contribution in [-0.4, -0.2) is 41.4 Å². The fourth-order valence-corrected chi connectivity index (χ4v) is 6.51. The molecule has 0 bridgehead atoms. The molecular weight excluding hydrogens is 485 g/mol. The molecule has 0 radical (unpaired) electrons. The monoisotopic (exact) mass is 517 g/mol. The summed E-state index contributed by atoms with van der Waals surface area (Å²) in [5, 5.41) is 10.5. The lowest BCUT2D eigenvalue weighted by Gasteiger charge is -2.22. The van der Waals surface area contributed by atoms with E-state index in [4.69, 9.17) is 22.1 Å². The molecule has 2 heterocycles. The van der Waals surface area contributed by atoms with Crippen LogP contribution >= 0.6 is 11.6 Å². The first-order chi connectivity index (χ1) is 17.3. The maximum Gasteiger partial charge on any atom is 0.261 e. The van der Waals surface area contributed by atoms with Crippen LogP contribution in [0.1, 0.15) is 60.5 Å². The number of rotatable bonds is 6. The van der Waals surface area contributed by atoms with Crippen molar-refractivity contribution in [1.29, 1.82) is 0 Å². The highest BCUT2D eigenvalue weighted by Gasteiger charge is 2.44. The first kappa shape index (κ1) is 25.0. The fraction of sp³-hybridized carbons (Fsp3) is 0.577. The number of nitrogen functional groups attached to an aromatic ring is 1. The number of hydrogen-bond acceptors (Lipinski definition) is 5. The van der Waals surface area contributed by atoms with Crippen molar-refractivity contribution in [2.45, 2.75) is 44.4 Å². The van der Waals surface area contributed by atoms with Crippen molar-refractivity contribution in [3.63, 3.8) is 0 Å². The average molecular weight is 518 g/mol. The maximum absolute atomic E-state index is 13.5. The number of ether oxygens (including phenoxy) is 1. The number of nitrogens with zero attached hydrogens (tertiary/aromatic N) is 2. The Bertz CT molecular complexity index is 1130. The summed E-state index contributed by atoms with van der Waals surface area (Å²) in [5.74, 6) is 1.37. The van der Waals surface area contributed by atoms with Gasteiger partial charge in [-0.05, 0) is 74.5 Å². The molecule has 10 heteroatoms. The number of carbonyl (C=O) groups is 2. The van der Waals surface area contributed by atoms with E-state index in [2.05, 4.69) is 15.7 Å². The smallest absolute Gasteiger partial charge is 0.261 e. The molecule has 2 aliphatic carbocycles. The van der Waals surface area contributed by atoms with Gasteiger partial charge >= 0.3 is 0 Å². The summed E-state index contributed by atoms with van der Waals surface area (Å²) in [6, 6.07) is 4.06. The second kappa shape index (κ2) is 10.4. The third kappa shape index (κ3) is 5.09. The van der Waals surface area contributed by atoms with E-state index in [1.165, 1.54) is 18.2 Å². The minimum Gasteiger partial charge on any atom is -0.383 e. The van der Waals surface area contributed by atoms with Crippen molar-refractivity contribution in [2.75, 3.05) is 30.8 Å². The highest BCUT2D eigenvalue weighted by atomic mass is 35.5. The Morgan fingerprint density at radius 1 is 1.19 bits per heavy atom. The zero-order chi connectivity index (χ0) is 25.4. The van der Waals surface area contributed by atoms with Gasteiger partial charge in [-0.25, -0.2) is 4.39 Å². The number of aromatic nitrogens is 2. The van der Waals surface area contributed by atoms with Crippen molar-refractivity contribution < 1.29 is 18.7 Å². The van der Waals surface area contributed by atoms with Gasteiger partial charge < -0.3 is 21.1 Å². The Kier molecular flexibility index (Phi) is 7.21. The van der Waals surface area contributed by atoms with Crippen molar-refractivity contribution in [3.8, 4) is 0 Å². The summed E-state index contributed by atoms with van der Waals surface area (Å²) in [4.78, 5) is 25.7. The SMILES string of the molecule is Cn1nc(C2CC3CC(CNC(=O)C4CCOCC4)CC3C2)c(C(=O)Nc2ccc(F)c(Cl)c2)c1N. The maximum atomic E-state index is 13.5. The van der Waals surface area contributed by atoms with E-state index in [0.29, 0.717) is 48.0 Å². The molecule has 1 saturated heterocycles. The Labute approximate surface area is 215 Å². The summed E-state index contributed by atoms with van der Waals surface area (Å²) in [6.45, 7) is 2.07. The van der Waals surface area contributed by atoms with E-state index in [9.17, 15) is 14.0 Å². The number of amides is 2. The van der Waals surface area contributed by atoms with Crippen LogP contribution in [0.2, 0.25) is 5.02 Å². The molecule has 2 aromatic rings. The van der Waals surface area contributed by atoms with Crippen LogP contribution in [0.4, 0.5) is 15.9 Å². The highest BCUT2D eigenvalue weighted by molar-refractivity contribution is 6.31. The molecule has 1 aromatic heterocycles. The summed E-state index contributed by atoms with van der Waals surface area (Å²) >= 11 is 5.86. The van der Waals surface area contributed by atoms with Gasteiger partial charge in [-0.2, -0.15) is 5.10 Å². The van der Waals surface area contributed by atoms with Crippen LogP contribution < -0.4 is 16.4 Å². The molecule has 1 aromatic carbocycles. The molecule has 1 aliphatic heterocycles. The number of aryl methyl sites for hydroxylation is 1. The topological polar surface area (TPSA) is 111 Å². The Morgan fingerprint density at radius 3 is 2.56 bits per heavy atom. The molecule has 2 atom stereocenters. The van der Waals surface area contributed by atoms with E-state index in [1.807, 2.05) is 0 Å². The van der Waals surface area contributed by atoms with E-state index in [-0.39, 0.29) is 28.7 Å². The fourth-order valence-electron chi connectivity index (χ4n) is 6.33. The average Bonchev–Trinajstić information content (AvgIpc) is 3.52. The molecular formula is C26H33ClFN5O3. The Hall–Kier alpha value is -2.65. The van der Waals surface area contributed by atoms with E-state index >= 15 is 0 Å². The quantitative estimate of drug-likeness (QED) is 0.534. The van der Waals surface area contributed by atoms with Crippen LogP contribution in [-0.2, 0) is 16.6 Å². The molecule has 0 spiro atoms. The number of fused-ring (bicyclic) bond motifs is 1. The van der Waals surface area contributed by atoms with Crippen LogP contribution in [0, 0.1) is 29.5 Å². The predicted molar refractivity (Wildman–Crippen MR) is 135 cm³/mol. The van der Waals surface area contributed by atoms with Crippen molar-refractivity contribution in [3.05, 3.63) is 40.3 Å². The summed E-state index contributed by atoms with van der Waals surface area (Å²) < 4.78 is 20.4. The van der Waals surface area contributed by atoms with Crippen molar-refractivity contribution in [1.82, 2.24) is 15.1 Å². The lowest BCUT2D eigenvalue weighted by Crippen LogP contribution is -2.36. The van der Waals surface area contributed by atoms with Crippen molar-refractivity contribution >= 4 is 34.9 Å². The second-order valence-electron chi connectivity index (χ2n) is 10.5. The Morgan fingerprint density at radius 2 is 1.89 bits per heavy atom. The third-order valence-electron chi connectivity index (χ3n) is 8.18. The first-order valence-corrected chi connectivity index (χ1v) is 13.1. The molecule has 3 aliphatic rings. The van der Waals surface area contributed by atoms with Crippen LogP contribution in [0.5, 0.6) is 0 Å². The summed E-state index contributed by atoms with van der Waals surface area (Å²) in [5.41, 5.74) is 7.75. The largest absolute Gasteiger partial charge is 0.383 e. The molecule has 2 unspecified atom stereocenters. The number of anilines is 2. The number of nitrogens with one attached hydrogen (secondary N) is 2. The van der Waals surface area contributed by atoms with Crippen LogP contribution in [0.25, 0.3) is 0 Å². The lowest BCUT2D eigenvalue weighted by molar-refractivity contribution is -0.128. The minimum atomic E-state index is -0.546. The zero-order valence-electron chi connectivity index (χ0n) is 20.4. The van der Waals surface area contributed by atoms with Gasteiger partial charge in [-0.3, -0.25) is 14.3 Å². The molecule has 2 saturated carbocycles. The minimum absolute atomic E-state index is 0.0608. The third-order valence-corrected chi connectivity index (χ3v) is 8.47. The van der Waals surface area contributed by atoms with Gasteiger partial charge in [0.2, 0.25) is 5.91 Å². The predicted octanol–water partition coefficient (Wildman–Crippen LogP) is 4.11. The highest BCUT2D eigenvalue weighted by Crippen LogP contribution is 2.52. The lowest BCUT2D eigenvalue weighted by atomic mass is 9.93. The zero-order valence-corrected chi connectivity index (χ0v) is 21.2. The molecule has 2 amide bonds. The number of nitrogens with two attached hydrogens (primary N) is 1. The number of hydrogen-bond donors (Lipinski definition) is 3. The standard InChI is InChI=1S/C26H33ClFN5O3/c1-33-24(29)22(26(35)31-19-2-3-21(28)20(27)12-19)23(32-33)18-10-16-8-14(9-17(16)11-18)13-30-25(34)15-4-6-36-7-5-15/h2-3,12,14-18H,4-11,13,29H2,1H3,(H,30,34)(H,31,35). The van der Waals surface area contributed by atoms with Crippen molar-refractivity contribution in [2.24, 2.45) is 30.7 Å². The van der Waals surface area contributed by atoms with E-state index in [1.54, 1.807) is 11.7 Å². The van der Waals surface area contributed by atoms with E-state index in [0.717, 1.165) is 50.8 Å². The Balaban J connectivity index is 1.20. The first-order valence-electron chi connectivity index (χ1n) is 12.7. The molecule has 36 heavy (non-hydrogen) atoms. The van der Waals surface area contributed by atoms with Gasteiger partial charge in [0.25, 0.3) is 5.91 Å².